The van der Waals surface area contributed by atoms with Crippen LogP contribution in [0.15, 0.2) is 23.2 Å². The monoisotopic (exact) mass is 346 g/mol. The van der Waals surface area contributed by atoms with E-state index in [1.807, 2.05) is 0 Å². The zero-order valence-electron chi connectivity index (χ0n) is 13.5. The number of aliphatic imine (C=N–C) groups is 1. The second kappa shape index (κ2) is 9.31. The second-order valence-electron chi connectivity index (χ2n) is 4.80. The van der Waals surface area contributed by atoms with Crippen molar-refractivity contribution >= 4 is 21.7 Å². The number of hydrogen-bond donors (Lipinski definition) is 3. The summed E-state index contributed by atoms with van der Waals surface area (Å²) in [6.45, 7) is 2.85. The Hall–Kier alpha value is -1.87. The number of hydrogen-bond acceptors (Lipinski definition) is 4. The quantitative estimate of drug-likeness (QED) is 0.366. The molecule has 0 bridgehead atoms. The predicted octanol–water partition coefficient (Wildman–Crippen LogP) is 0.687. The van der Waals surface area contributed by atoms with E-state index in [-0.39, 0.29) is 18.0 Å². The van der Waals surface area contributed by atoms with E-state index in [1.165, 1.54) is 12.1 Å². The highest BCUT2D eigenvalue weighted by atomic mass is 32.2. The van der Waals surface area contributed by atoms with Gasteiger partial charge in [-0.3, -0.25) is 9.71 Å². The fourth-order valence-corrected chi connectivity index (χ4v) is 2.64. The highest BCUT2D eigenvalue weighted by Crippen LogP contribution is 2.14. The van der Waals surface area contributed by atoms with E-state index in [1.54, 1.807) is 21.1 Å². The number of rotatable bonds is 8. The van der Waals surface area contributed by atoms with Gasteiger partial charge in [-0.05, 0) is 24.6 Å². The van der Waals surface area contributed by atoms with Crippen LogP contribution in [0.2, 0.25) is 0 Å². The molecule has 0 radical (unpaired) electrons. The topological polar surface area (TPSA) is 91.8 Å². The van der Waals surface area contributed by atoms with Crippen molar-refractivity contribution in [1.82, 2.24) is 10.6 Å². The minimum atomic E-state index is -3.58. The Morgan fingerprint density at radius 3 is 2.61 bits per heavy atom. The Balaban J connectivity index is 2.47. The molecule has 0 unspecified atom stereocenters. The van der Waals surface area contributed by atoms with E-state index in [0.717, 1.165) is 6.07 Å². The van der Waals surface area contributed by atoms with Crippen LogP contribution in [-0.4, -0.2) is 54.0 Å². The van der Waals surface area contributed by atoms with E-state index in [0.29, 0.717) is 24.7 Å². The molecule has 0 aromatic heterocycles. The van der Waals surface area contributed by atoms with E-state index < -0.39 is 15.8 Å². The van der Waals surface area contributed by atoms with Gasteiger partial charge in [-0.15, -0.1) is 0 Å². The fourth-order valence-electron chi connectivity index (χ4n) is 1.68. The van der Waals surface area contributed by atoms with Gasteiger partial charge in [0.15, 0.2) is 5.96 Å². The molecule has 0 atom stereocenters. The lowest BCUT2D eigenvalue weighted by Crippen LogP contribution is -2.41. The number of halogens is 1. The molecule has 130 valence electrons. The van der Waals surface area contributed by atoms with Crippen LogP contribution in [0.1, 0.15) is 5.56 Å². The summed E-state index contributed by atoms with van der Waals surface area (Å²) < 4.78 is 44.6. The molecular weight excluding hydrogens is 323 g/mol. The first-order valence-corrected chi connectivity index (χ1v) is 8.73. The van der Waals surface area contributed by atoms with Gasteiger partial charge in [0.2, 0.25) is 10.0 Å². The molecule has 0 aliphatic heterocycles. The lowest BCUT2D eigenvalue weighted by atomic mass is 10.2. The summed E-state index contributed by atoms with van der Waals surface area (Å²) >= 11 is 0. The molecule has 1 aromatic rings. The maximum atomic E-state index is 13.4. The maximum Gasteiger partial charge on any atom is 0.234 e. The summed E-state index contributed by atoms with van der Waals surface area (Å²) in [5.74, 6) is -0.141. The van der Waals surface area contributed by atoms with Crippen molar-refractivity contribution in [2.75, 3.05) is 44.3 Å². The van der Waals surface area contributed by atoms with Gasteiger partial charge in [0.1, 0.15) is 5.82 Å². The molecule has 0 spiro atoms. The lowest BCUT2D eigenvalue weighted by molar-refractivity contribution is 0.203. The normalized spacial score (nSPS) is 12.1. The molecule has 0 heterocycles. The van der Waals surface area contributed by atoms with Crippen molar-refractivity contribution in [2.24, 2.45) is 4.99 Å². The summed E-state index contributed by atoms with van der Waals surface area (Å²) in [4.78, 5) is 3.96. The molecule has 0 saturated heterocycles. The van der Waals surface area contributed by atoms with E-state index >= 15 is 0 Å². The first-order chi connectivity index (χ1) is 10.9. The van der Waals surface area contributed by atoms with E-state index in [2.05, 4.69) is 20.3 Å². The van der Waals surface area contributed by atoms with Crippen molar-refractivity contribution in [3.05, 3.63) is 29.6 Å². The number of sulfonamides is 1. The van der Waals surface area contributed by atoms with Crippen LogP contribution >= 0.6 is 0 Å². The van der Waals surface area contributed by atoms with Gasteiger partial charge in [0.05, 0.1) is 18.0 Å². The minimum absolute atomic E-state index is 0.163. The molecule has 0 saturated carbocycles. The number of nitrogens with zero attached hydrogens (tertiary/aromatic N) is 1. The third-order valence-electron chi connectivity index (χ3n) is 2.93. The molecular formula is C14H23FN4O3S. The second-order valence-corrected chi connectivity index (χ2v) is 6.65. The van der Waals surface area contributed by atoms with Crippen LogP contribution in [-0.2, 0) is 14.8 Å². The molecule has 0 fully saturated rings. The molecule has 9 heteroatoms. The summed E-state index contributed by atoms with van der Waals surface area (Å²) in [6.07, 6.45) is 0. The van der Waals surface area contributed by atoms with Gasteiger partial charge in [-0.1, -0.05) is 6.07 Å². The highest BCUT2D eigenvalue weighted by molar-refractivity contribution is 7.92. The number of benzene rings is 1. The largest absolute Gasteiger partial charge is 0.383 e. The standard InChI is InChI=1S/C14H23FN4O3S/c1-11-4-5-12(10-13(11)15)19-23(20,21)9-7-18-14(16-2)17-6-8-22-3/h4-5,10,19H,6-9H2,1-3H3,(H2,16,17,18). The Kier molecular flexibility index (Phi) is 7.76. The number of nitrogens with one attached hydrogen (secondary N) is 3. The minimum Gasteiger partial charge on any atom is -0.383 e. The van der Waals surface area contributed by atoms with Crippen molar-refractivity contribution in [3.8, 4) is 0 Å². The summed E-state index contributed by atoms with van der Waals surface area (Å²) in [7, 11) is -0.405. The smallest absolute Gasteiger partial charge is 0.234 e. The van der Waals surface area contributed by atoms with Gasteiger partial charge < -0.3 is 15.4 Å². The van der Waals surface area contributed by atoms with Gasteiger partial charge in [-0.25, -0.2) is 12.8 Å². The molecule has 0 aliphatic rings. The zero-order chi connectivity index (χ0) is 17.3. The number of anilines is 1. The Labute approximate surface area is 136 Å². The summed E-state index contributed by atoms with van der Waals surface area (Å²) in [5.41, 5.74) is 0.663. The molecule has 0 amide bonds. The van der Waals surface area contributed by atoms with Crippen LogP contribution < -0.4 is 15.4 Å². The number of ether oxygens (including phenoxy) is 1. The summed E-state index contributed by atoms with van der Waals surface area (Å²) in [6, 6.07) is 4.20. The molecule has 7 nitrogen and oxygen atoms in total. The molecule has 1 rings (SSSR count). The van der Waals surface area contributed by atoms with Crippen molar-refractivity contribution in [1.29, 1.82) is 0 Å². The first kappa shape index (κ1) is 19.2. The molecule has 0 aliphatic carbocycles. The third kappa shape index (κ3) is 7.29. The average molecular weight is 346 g/mol. The van der Waals surface area contributed by atoms with Crippen molar-refractivity contribution < 1.29 is 17.5 Å². The Morgan fingerprint density at radius 1 is 1.30 bits per heavy atom. The lowest BCUT2D eigenvalue weighted by Gasteiger charge is -2.12. The van der Waals surface area contributed by atoms with E-state index in [4.69, 9.17) is 4.74 Å². The van der Waals surface area contributed by atoms with Crippen molar-refractivity contribution in [3.63, 3.8) is 0 Å². The Morgan fingerprint density at radius 2 is 2.00 bits per heavy atom. The van der Waals surface area contributed by atoms with Crippen molar-refractivity contribution in [2.45, 2.75) is 6.92 Å². The highest BCUT2D eigenvalue weighted by Gasteiger charge is 2.11. The number of guanidine groups is 1. The van der Waals surface area contributed by atoms with Gasteiger partial charge in [0, 0.05) is 27.2 Å². The van der Waals surface area contributed by atoms with Gasteiger partial charge in [-0.2, -0.15) is 0 Å². The van der Waals surface area contributed by atoms with Crippen LogP contribution in [0.5, 0.6) is 0 Å². The SMILES string of the molecule is CN=C(NCCOC)NCCS(=O)(=O)Nc1ccc(C)c(F)c1. The molecule has 1 aromatic carbocycles. The zero-order valence-corrected chi connectivity index (χ0v) is 14.3. The molecule has 3 N–H and O–H groups in total. The fraction of sp³-hybridized carbons (Fsp3) is 0.500. The average Bonchev–Trinajstić information content (AvgIpc) is 2.49. The number of methoxy groups -OCH3 is 1. The first-order valence-electron chi connectivity index (χ1n) is 7.08. The van der Waals surface area contributed by atoms with Gasteiger partial charge >= 0.3 is 0 Å². The maximum absolute atomic E-state index is 13.4. The van der Waals surface area contributed by atoms with Crippen LogP contribution in [0.4, 0.5) is 10.1 Å². The van der Waals surface area contributed by atoms with Crippen LogP contribution in [0, 0.1) is 12.7 Å². The third-order valence-corrected chi connectivity index (χ3v) is 4.22. The summed E-state index contributed by atoms with van der Waals surface area (Å²) in [5, 5.41) is 5.85. The predicted molar refractivity (Wildman–Crippen MR) is 89.8 cm³/mol. The molecule has 23 heavy (non-hydrogen) atoms. The van der Waals surface area contributed by atoms with E-state index in [9.17, 15) is 12.8 Å². The Bertz CT molecular complexity index is 635. The number of aryl methyl sites for hydroxylation is 1. The van der Waals surface area contributed by atoms with Crippen LogP contribution in [0.25, 0.3) is 0 Å². The van der Waals surface area contributed by atoms with Crippen LogP contribution in [0.3, 0.4) is 0 Å². The van der Waals surface area contributed by atoms with Gasteiger partial charge in [0.25, 0.3) is 0 Å².